The van der Waals surface area contributed by atoms with Crippen LogP contribution < -0.4 is 16.0 Å². The van der Waals surface area contributed by atoms with Crippen molar-refractivity contribution in [1.82, 2.24) is 15.3 Å². The molecule has 0 aliphatic rings. The molecular formula is C19H23FN6O. The maximum atomic E-state index is 13.8. The molecule has 0 atom stereocenters. The fourth-order valence-corrected chi connectivity index (χ4v) is 2.39. The van der Waals surface area contributed by atoms with E-state index in [-0.39, 0.29) is 11.3 Å². The SMILES string of the molecule is CCCCc1nc(C)cc(NCCNC(=O)Nc2ccc(C#N)cc2F)n1. The lowest BCUT2D eigenvalue weighted by Gasteiger charge is -2.11. The Kier molecular flexibility index (Phi) is 7.49. The summed E-state index contributed by atoms with van der Waals surface area (Å²) in [7, 11) is 0. The minimum absolute atomic E-state index is 0.0199. The standard InChI is InChI=1S/C19H23FN6O/c1-3-4-5-17-24-13(2)10-18(26-17)22-8-9-23-19(27)25-16-7-6-14(12-21)11-15(16)20/h6-7,10-11H,3-5,8-9H2,1-2H3,(H,22,24,26)(H2,23,25,27). The molecule has 8 heteroatoms. The summed E-state index contributed by atoms with van der Waals surface area (Å²) in [6, 6.07) is 7.03. The fraction of sp³-hybridized carbons (Fsp3) is 0.368. The van der Waals surface area contributed by atoms with Crippen molar-refractivity contribution in [1.29, 1.82) is 5.26 Å². The molecule has 1 aromatic heterocycles. The molecule has 27 heavy (non-hydrogen) atoms. The summed E-state index contributed by atoms with van der Waals surface area (Å²) in [4.78, 5) is 20.7. The molecule has 0 aliphatic heterocycles. The van der Waals surface area contributed by atoms with Gasteiger partial charge in [-0.05, 0) is 31.5 Å². The highest BCUT2D eigenvalue weighted by atomic mass is 19.1. The maximum absolute atomic E-state index is 13.8. The van der Waals surface area contributed by atoms with Crippen LogP contribution in [0.25, 0.3) is 0 Å². The second kappa shape index (κ2) is 10.1. The average molecular weight is 370 g/mol. The van der Waals surface area contributed by atoms with Gasteiger partial charge < -0.3 is 16.0 Å². The van der Waals surface area contributed by atoms with Gasteiger partial charge in [0.25, 0.3) is 0 Å². The third kappa shape index (κ3) is 6.55. The maximum Gasteiger partial charge on any atom is 0.319 e. The summed E-state index contributed by atoms with van der Waals surface area (Å²) < 4.78 is 13.8. The lowest BCUT2D eigenvalue weighted by Crippen LogP contribution is -2.33. The molecule has 142 valence electrons. The number of nitriles is 1. The first-order chi connectivity index (χ1) is 13.0. The zero-order valence-electron chi connectivity index (χ0n) is 15.5. The average Bonchev–Trinajstić information content (AvgIpc) is 2.65. The molecule has 0 saturated heterocycles. The summed E-state index contributed by atoms with van der Waals surface area (Å²) in [5.74, 6) is 0.869. The smallest absolute Gasteiger partial charge is 0.319 e. The highest BCUT2D eigenvalue weighted by molar-refractivity contribution is 5.89. The van der Waals surface area contributed by atoms with Gasteiger partial charge in [-0.3, -0.25) is 0 Å². The van der Waals surface area contributed by atoms with E-state index in [0.29, 0.717) is 18.9 Å². The van der Waals surface area contributed by atoms with Gasteiger partial charge in [-0.15, -0.1) is 0 Å². The van der Waals surface area contributed by atoms with Crippen LogP contribution in [0.4, 0.5) is 20.7 Å². The molecule has 2 aromatic rings. The number of aromatic nitrogens is 2. The van der Waals surface area contributed by atoms with Crippen LogP contribution in [0.1, 0.15) is 36.8 Å². The molecule has 2 amide bonds. The number of hydrogen-bond acceptors (Lipinski definition) is 5. The number of urea groups is 1. The summed E-state index contributed by atoms with van der Waals surface area (Å²) in [5.41, 5.74) is 1.10. The van der Waals surface area contributed by atoms with Crippen molar-refractivity contribution >= 4 is 17.5 Å². The molecule has 0 radical (unpaired) electrons. The van der Waals surface area contributed by atoms with Crippen molar-refractivity contribution in [2.75, 3.05) is 23.7 Å². The van der Waals surface area contributed by atoms with E-state index in [0.717, 1.165) is 36.8 Å². The number of nitrogens with one attached hydrogen (secondary N) is 3. The molecule has 1 heterocycles. The third-order valence-corrected chi connectivity index (χ3v) is 3.72. The summed E-state index contributed by atoms with van der Waals surface area (Å²) in [5, 5.41) is 16.9. The van der Waals surface area contributed by atoms with Crippen LogP contribution in [-0.2, 0) is 6.42 Å². The van der Waals surface area contributed by atoms with Crippen LogP contribution in [0.5, 0.6) is 0 Å². The summed E-state index contributed by atoms with van der Waals surface area (Å²) >= 11 is 0. The van der Waals surface area contributed by atoms with Gasteiger partial charge in [0.15, 0.2) is 0 Å². The first-order valence-corrected chi connectivity index (χ1v) is 8.84. The quantitative estimate of drug-likeness (QED) is 0.618. The van der Waals surface area contributed by atoms with Gasteiger partial charge in [-0.2, -0.15) is 5.26 Å². The zero-order valence-corrected chi connectivity index (χ0v) is 15.5. The van der Waals surface area contributed by atoms with Crippen LogP contribution in [0.2, 0.25) is 0 Å². The predicted octanol–water partition coefficient (Wildman–Crippen LogP) is 3.37. The Morgan fingerprint density at radius 1 is 1.26 bits per heavy atom. The number of benzene rings is 1. The van der Waals surface area contributed by atoms with Gasteiger partial charge in [-0.1, -0.05) is 13.3 Å². The Morgan fingerprint density at radius 2 is 2.07 bits per heavy atom. The molecule has 0 spiro atoms. The molecule has 0 saturated carbocycles. The monoisotopic (exact) mass is 370 g/mol. The van der Waals surface area contributed by atoms with E-state index >= 15 is 0 Å². The van der Waals surface area contributed by atoms with Gasteiger partial charge in [0.05, 0.1) is 17.3 Å². The van der Waals surface area contributed by atoms with E-state index < -0.39 is 11.8 Å². The second-order valence-corrected chi connectivity index (χ2v) is 6.03. The van der Waals surface area contributed by atoms with Gasteiger partial charge >= 0.3 is 6.03 Å². The van der Waals surface area contributed by atoms with Crippen molar-refractivity contribution in [3.05, 3.63) is 47.2 Å². The number of anilines is 2. The Balaban J connectivity index is 1.79. The highest BCUT2D eigenvalue weighted by Crippen LogP contribution is 2.15. The third-order valence-electron chi connectivity index (χ3n) is 3.72. The number of aryl methyl sites for hydroxylation is 2. The van der Waals surface area contributed by atoms with Crippen LogP contribution in [0.3, 0.4) is 0 Å². The first kappa shape index (κ1) is 20.1. The van der Waals surface area contributed by atoms with E-state index in [2.05, 4.69) is 32.8 Å². The Hall–Kier alpha value is -3.21. The predicted molar refractivity (Wildman–Crippen MR) is 102 cm³/mol. The minimum atomic E-state index is -0.654. The fourth-order valence-electron chi connectivity index (χ4n) is 2.39. The second-order valence-electron chi connectivity index (χ2n) is 6.03. The molecule has 2 rings (SSSR count). The van der Waals surface area contributed by atoms with E-state index in [9.17, 15) is 9.18 Å². The van der Waals surface area contributed by atoms with Crippen LogP contribution in [-0.4, -0.2) is 29.1 Å². The van der Waals surface area contributed by atoms with E-state index in [4.69, 9.17) is 5.26 Å². The van der Waals surface area contributed by atoms with Crippen LogP contribution in [0.15, 0.2) is 24.3 Å². The van der Waals surface area contributed by atoms with E-state index in [1.54, 1.807) is 0 Å². The first-order valence-electron chi connectivity index (χ1n) is 8.84. The normalized spacial score (nSPS) is 10.1. The van der Waals surface area contributed by atoms with Gasteiger partial charge in [0.1, 0.15) is 17.5 Å². The molecule has 0 unspecified atom stereocenters. The van der Waals surface area contributed by atoms with Gasteiger partial charge in [0.2, 0.25) is 0 Å². The highest BCUT2D eigenvalue weighted by Gasteiger charge is 2.07. The number of unbranched alkanes of at least 4 members (excludes halogenated alkanes) is 1. The number of halogens is 1. The number of carbonyl (C=O) groups excluding carboxylic acids is 1. The van der Waals surface area contributed by atoms with Crippen molar-refractivity contribution in [3.63, 3.8) is 0 Å². The van der Waals surface area contributed by atoms with Crippen molar-refractivity contribution < 1.29 is 9.18 Å². The number of nitrogens with zero attached hydrogens (tertiary/aromatic N) is 3. The van der Waals surface area contributed by atoms with Crippen molar-refractivity contribution in [2.24, 2.45) is 0 Å². The van der Waals surface area contributed by atoms with Gasteiger partial charge in [0, 0.05) is 31.3 Å². The lowest BCUT2D eigenvalue weighted by atomic mass is 10.2. The number of carbonyl (C=O) groups is 1. The Labute approximate surface area is 158 Å². The molecular weight excluding hydrogens is 347 g/mol. The van der Waals surface area contributed by atoms with Crippen molar-refractivity contribution in [2.45, 2.75) is 33.1 Å². The number of hydrogen-bond donors (Lipinski definition) is 3. The molecule has 0 fully saturated rings. The molecule has 1 aromatic carbocycles. The summed E-state index contributed by atoms with van der Waals surface area (Å²) in [6.07, 6.45) is 2.96. The summed E-state index contributed by atoms with van der Waals surface area (Å²) in [6.45, 7) is 4.83. The lowest BCUT2D eigenvalue weighted by molar-refractivity contribution is 0.252. The molecule has 7 nitrogen and oxygen atoms in total. The number of rotatable bonds is 8. The Morgan fingerprint density at radius 3 is 2.78 bits per heavy atom. The van der Waals surface area contributed by atoms with Crippen molar-refractivity contribution in [3.8, 4) is 6.07 Å². The minimum Gasteiger partial charge on any atom is -0.368 e. The number of amides is 2. The molecule has 0 bridgehead atoms. The topological polar surface area (TPSA) is 103 Å². The van der Waals surface area contributed by atoms with E-state index in [1.807, 2.05) is 19.1 Å². The van der Waals surface area contributed by atoms with Crippen LogP contribution in [0, 0.1) is 24.1 Å². The Bertz CT molecular complexity index is 833. The zero-order chi connectivity index (χ0) is 19.6. The van der Waals surface area contributed by atoms with Crippen LogP contribution >= 0.6 is 0 Å². The van der Waals surface area contributed by atoms with Gasteiger partial charge in [-0.25, -0.2) is 19.2 Å². The largest absolute Gasteiger partial charge is 0.368 e. The van der Waals surface area contributed by atoms with E-state index in [1.165, 1.54) is 12.1 Å². The molecule has 0 aliphatic carbocycles. The molecule has 3 N–H and O–H groups in total.